The molecule has 0 fully saturated rings. The lowest BCUT2D eigenvalue weighted by Crippen LogP contribution is -2.05. The first-order valence-electron chi connectivity index (χ1n) is 5.39. The zero-order chi connectivity index (χ0) is 13.4. The second-order valence-electron chi connectivity index (χ2n) is 3.27. The highest BCUT2D eigenvalue weighted by molar-refractivity contribution is 5.93. The molecule has 0 saturated heterocycles. The first-order valence-corrected chi connectivity index (χ1v) is 5.39. The van der Waals surface area contributed by atoms with Gasteiger partial charge in [-0.05, 0) is 19.1 Å². The molecule has 0 aliphatic carbocycles. The number of methoxy groups -OCH3 is 1. The van der Waals surface area contributed by atoms with Crippen LogP contribution in [0.5, 0.6) is 5.75 Å². The molecule has 5 heteroatoms. The van der Waals surface area contributed by atoms with Crippen molar-refractivity contribution in [2.24, 2.45) is 0 Å². The number of benzene rings is 1. The molecule has 1 N–H and O–H groups in total. The summed E-state index contributed by atoms with van der Waals surface area (Å²) in [5.74, 6) is 0.0402. The van der Waals surface area contributed by atoms with E-state index >= 15 is 0 Å². The Labute approximate surface area is 106 Å². The maximum absolute atomic E-state index is 11.2. The van der Waals surface area contributed by atoms with Crippen molar-refractivity contribution >= 4 is 11.7 Å². The van der Waals surface area contributed by atoms with E-state index in [-0.39, 0.29) is 5.57 Å². The molecule has 0 aliphatic rings. The zero-order valence-corrected chi connectivity index (χ0v) is 10.3. The standard InChI is InChI=1S/C13H14N2O3/c1-3-18-12-6-4-5-11(7-12)15-9-10(8-14)13(16)17-2/h4-7,9,15H,3H2,1-2H3/b10-9-. The van der Waals surface area contributed by atoms with Gasteiger partial charge in [-0.3, -0.25) is 0 Å². The third-order valence-electron chi connectivity index (χ3n) is 2.05. The van der Waals surface area contributed by atoms with Crippen LogP contribution in [-0.2, 0) is 9.53 Å². The Balaban J connectivity index is 2.78. The molecule has 0 atom stereocenters. The molecule has 0 spiro atoms. The van der Waals surface area contributed by atoms with Crippen LogP contribution < -0.4 is 10.1 Å². The normalized spacial score (nSPS) is 10.4. The van der Waals surface area contributed by atoms with Crippen molar-refractivity contribution < 1.29 is 14.3 Å². The summed E-state index contributed by atoms with van der Waals surface area (Å²) < 4.78 is 9.79. The summed E-state index contributed by atoms with van der Waals surface area (Å²) in [5.41, 5.74) is 0.622. The number of hydrogen-bond donors (Lipinski definition) is 1. The molecule has 0 unspecified atom stereocenters. The van der Waals surface area contributed by atoms with E-state index in [1.807, 2.05) is 19.1 Å². The number of anilines is 1. The Morgan fingerprint density at radius 3 is 2.94 bits per heavy atom. The first kappa shape index (κ1) is 13.6. The van der Waals surface area contributed by atoms with Gasteiger partial charge in [0, 0.05) is 18.0 Å². The second-order valence-corrected chi connectivity index (χ2v) is 3.27. The maximum atomic E-state index is 11.2. The molecule has 1 aromatic rings. The average Bonchev–Trinajstić information content (AvgIpc) is 2.40. The van der Waals surface area contributed by atoms with Crippen LogP contribution >= 0.6 is 0 Å². The minimum absolute atomic E-state index is 0.0979. The van der Waals surface area contributed by atoms with Gasteiger partial charge in [-0.25, -0.2) is 4.79 Å². The minimum Gasteiger partial charge on any atom is -0.494 e. The van der Waals surface area contributed by atoms with Crippen LogP contribution in [0, 0.1) is 11.3 Å². The topological polar surface area (TPSA) is 71.3 Å². The summed E-state index contributed by atoms with van der Waals surface area (Å²) in [4.78, 5) is 11.2. The lowest BCUT2D eigenvalue weighted by atomic mass is 10.3. The van der Waals surface area contributed by atoms with Gasteiger partial charge < -0.3 is 14.8 Å². The van der Waals surface area contributed by atoms with Crippen LogP contribution in [0.3, 0.4) is 0 Å². The molecule has 1 rings (SSSR count). The highest BCUT2D eigenvalue weighted by Crippen LogP contribution is 2.17. The van der Waals surface area contributed by atoms with Gasteiger partial charge in [0.25, 0.3) is 0 Å². The lowest BCUT2D eigenvalue weighted by Gasteiger charge is -2.06. The Morgan fingerprint density at radius 1 is 1.56 bits per heavy atom. The monoisotopic (exact) mass is 246 g/mol. The van der Waals surface area contributed by atoms with Crippen LogP contribution in [0.4, 0.5) is 5.69 Å². The van der Waals surface area contributed by atoms with Crippen molar-refractivity contribution in [2.45, 2.75) is 6.92 Å². The Morgan fingerprint density at radius 2 is 2.33 bits per heavy atom. The van der Waals surface area contributed by atoms with E-state index < -0.39 is 5.97 Å². The predicted molar refractivity (Wildman–Crippen MR) is 66.9 cm³/mol. The van der Waals surface area contributed by atoms with E-state index in [2.05, 4.69) is 10.1 Å². The molecule has 18 heavy (non-hydrogen) atoms. The summed E-state index contributed by atoms with van der Waals surface area (Å²) in [6, 6.07) is 8.96. The smallest absolute Gasteiger partial charge is 0.350 e. The summed E-state index contributed by atoms with van der Waals surface area (Å²) in [5, 5.41) is 11.6. The van der Waals surface area contributed by atoms with Gasteiger partial charge in [0.05, 0.1) is 13.7 Å². The molecule has 0 amide bonds. The Bertz CT molecular complexity index is 489. The number of ether oxygens (including phenoxy) is 2. The maximum Gasteiger partial charge on any atom is 0.350 e. The van der Waals surface area contributed by atoms with Crippen molar-refractivity contribution in [3.8, 4) is 11.8 Å². The number of rotatable bonds is 5. The second kappa shape index (κ2) is 6.97. The number of nitrogens with one attached hydrogen (secondary N) is 1. The van der Waals surface area contributed by atoms with Crippen LogP contribution in [0.25, 0.3) is 0 Å². The number of hydrogen-bond acceptors (Lipinski definition) is 5. The van der Waals surface area contributed by atoms with E-state index in [1.54, 1.807) is 18.2 Å². The average molecular weight is 246 g/mol. The summed E-state index contributed by atoms with van der Waals surface area (Å²) >= 11 is 0. The summed E-state index contributed by atoms with van der Waals surface area (Å²) in [6.45, 7) is 2.47. The van der Waals surface area contributed by atoms with E-state index in [0.717, 1.165) is 5.69 Å². The van der Waals surface area contributed by atoms with Gasteiger partial charge in [-0.1, -0.05) is 6.07 Å². The molecule has 0 saturated carbocycles. The number of carbonyl (C=O) groups is 1. The van der Waals surface area contributed by atoms with E-state index in [1.165, 1.54) is 13.3 Å². The van der Waals surface area contributed by atoms with Crippen molar-refractivity contribution in [2.75, 3.05) is 19.0 Å². The molecule has 1 aromatic carbocycles. The van der Waals surface area contributed by atoms with Crippen molar-refractivity contribution in [1.82, 2.24) is 0 Å². The van der Waals surface area contributed by atoms with E-state index in [4.69, 9.17) is 10.00 Å². The van der Waals surface area contributed by atoms with Gasteiger partial charge >= 0.3 is 5.97 Å². The fourth-order valence-corrected chi connectivity index (χ4v) is 1.24. The van der Waals surface area contributed by atoms with Gasteiger partial charge in [-0.2, -0.15) is 5.26 Å². The highest BCUT2D eigenvalue weighted by Gasteiger charge is 2.07. The van der Waals surface area contributed by atoms with Gasteiger partial charge in [-0.15, -0.1) is 0 Å². The van der Waals surface area contributed by atoms with Crippen LogP contribution in [-0.4, -0.2) is 19.7 Å². The zero-order valence-electron chi connectivity index (χ0n) is 10.3. The number of carbonyl (C=O) groups excluding carboxylic acids is 1. The fourth-order valence-electron chi connectivity index (χ4n) is 1.24. The number of nitrogens with zero attached hydrogens (tertiary/aromatic N) is 1. The third kappa shape index (κ3) is 3.83. The molecule has 94 valence electrons. The fraction of sp³-hybridized carbons (Fsp3) is 0.231. The largest absolute Gasteiger partial charge is 0.494 e. The van der Waals surface area contributed by atoms with Gasteiger partial charge in [0.15, 0.2) is 5.57 Å². The van der Waals surface area contributed by atoms with E-state index in [9.17, 15) is 4.79 Å². The van der Waals surface area contributed by atoms with Gasteiger partial charge in [0.1, 0.15) is 11.8 Å². The number of esters is 1. The molecule has 0 radical (unpaired) electrons. The minimum atomic E-state index is -0.675. The quantitative estimate of drug-likeness (QED) is 0.489. The van der Waals surface area contributed by atoms with Crippen LogP contribution in [0.1, 0.15) is 6.92 Å². The van der Waals surface area contributed by atoms with Crippen molar-refractivity contribution in [3.63, 3.8) is 0 Å². The molecule has 0 heterocycles. The van der Waals surface area contributed by atoms with Crippen LogP contribution in [0.2, 0.25) is 0 Å². The summed E-state index contributed by atoms with van der Waals surface area (Å²) in [7, 11) is 1.23. The SMILES string of the molecule is CCOc1cccc(N/C=C(/C#N)C(=O)OC)c1. The van der Waals surface area contributed by atoms with Crippen molar-refractivity contribution in [1.29, 1.82) is 5.26 Å². The lowest BCUT2D eigenvalue weighted by molar-refractivity contribution is -0.135. The van der Waals surface area contributed by atoms with Crippen molar-refractivity contribution in [3.05, 3.63) is 36.0 Å². The molecular formula is C13H14N2O3. The third-order valence-corrected chi connectivity index (χ3v) is 2.05. The molecular weight excluding hydrogens is 232 g/mol. The van der Waals surface area contributed by atoms with Crippen LogP contribution in [0.15, 0.2) is 36.0 Å². The first-order chi connectivity index (χ1) is 8.71. The predicted octanol–water partition coefficient (Wildman–Crippen LogP) is 2.08. The molecule has 0 aliphatic heterocycles. The molecule has 0 bridgehead atoms. The Hall–Kier alpha value is -2.48. The molecule has 5 nitrogen and oxygen atoms in total. The summed E-state index contributed by atoms with van der Waals surface area (Å²) in [6.07, 6.45) is 1.30. The Kier molecular flexibility index (Phi) is 5.26. The highest BCUT2D eigenvalue weighted by atomic mass is 16.5. The van der Waals surface area contributed by atoms with E-state index in [0.29, 0.717) is 12.4 Å². The van der Waals surface area contributed by atoms with Gasteiger partial charge in [0.2, 0.25) is 0 Å². The number of nitriles is 1. The molecule has 0 aromatic heterocycles.